The van der Waals surface area contributed by atoms with Crippen LogP contribution in [0.4, 0.5) is 11.6 Å². The van der Waals surface area contributed by atoms with Gasteiger partial charge in [-0.15, -0.1) is 0 Å². The fourth-order valence-electron chi connectivity index (χ4n) is 6.71. The van der Waals surface area contributed by atoms with Crippen molar-refractivity contribution < 1.29 is 13.6 Å². The summed E-state index contributed by atoms with van der Waals surface area (Å²) in [6.07, 6.45) is 9.18. The van der Waals surface area contributed by atoms with Crippen LogP contribution in [0.2, 0.25) is 0 Å². The maximum atomic E-state index is 6.23. The zero-order chi connectivity index (χ0) is 33.8. The number of ether oxygens (including phenoxy) is 1. The van der Waals surface area contributed by atoms with Crippen LogP contribution in [0.25, 0.3) is 66.5 Å². The van der Waals surface area contributed by atoms with E-state index in [4.69, 9.17) is 25.0 Å². The first kappa shape index (κ1) is 30.5. The molecule has 49 heavy (non-hydrogen) atoms. The van der Waals surface area contributed by atoms with Gasteiger partial charge in [0.1, 0.15) is 46.6 Å². The third-order valence-electron chi connectivity index (χ3n) is 9.03. The summed E-state index contributed by atoms with van der Waals surface area (Å²) in [5.41, 5.74) is 21.4. The van der Waals surface area contributed by atoms with Crippen molar-refractivity contribution in [2.45, 2.75) is 52.6 Å². The Morgan fingerprint density at radius 3 is 1.82 bits per heavy atom. The van der Waals surface area contributed by atoms with Gasteiger partial charge in [-0.2, -0.15) is 0 Å². The van der Waals surface area contributed by atoms with Crippen LogP contribution in [0.1, 0.15) is 50.6 Å². The lowest BCUT2D eigenvalue weighted by molar-refractivity contribution is 0.0706. The molecule has 13 nitrogen and oxygen atoms in total. The molecule has 2 aromatic carbocycles. The van der Waals surface area contributed by atoms with E-state index in [1.807, 2.05) is 50.2 Å². The Bertz CT molecular complexity index is 2480. The van der Waals surface area contributed by atoms with E-state index in [2.05, 4.69) is 65.3 Å². The molecule has 9 rings (SSSR count). The number of hydrogen-bond donors (Lipinski definition) is 2. The smallest absolute Gasteiger partial charge is 0.192 e. The third kappa shape index (κ3) is 5.41. The molecule has 13 heteroatoms. The summed E-state index contributed by atoms with van der Waals surface area (Å²) in [6, 6.07) is 12.6. The van der Waals surface area contributed by atoms with E-state index in [1.165, 1.54) is 12.7 Å². The van der Waals surface area contributed by atoms with Gasteiger partial charge in [0.2, 0.25) is 0 Å². The molecule has 0 saturated carbocycles. The standard InChI is InChI=1S/C19H19N5O2.C17H17N5O/c1-11-23-15-8-12(2-3-16(15)26-11)14-9-24(13-4-6-25-7-5-13)19-17(14)18(20)21-10-22-19;1-9(2)22-7-12(15-16(18)19-8-20-17(15)22)11-4-5-14-13(6-11)21-10(3)23-14/h2-3,8-10,13H,4-7H2,1H3,(H2,20,21,22);4-9H,1-3H3,(H2,18,19,20). The molecule has 1 aliphatic rings. The predicted molar refractivity (Wildman–Crippen MR) is 189 cm³/mol. The van der Waals surface area contributed by atoms with Crippen LogP contribution in [0.15, 0.2) is 70.3 Å². The lowest BCUT2D eigenvalue weighted by Gasteiger charge is -2.24. The van der Waals surface area contributed by atoms with Crippen molar-refractivity contribution in [2.24, 2.45) is 0 Å². The minimum Gasteiger partial charge on any atom is -0.441 e. The minimum atomic E-state index is 0.276. The van der Waals surface area contributed by atoms with Gasteiger partial charge in [-0.1, -0.05) is 12.1 Å². The molecule has 7 heterocycles. The van der Waals surface area contributed by atoms with Crippen molar-refractivity contribution in [3.05, 3.63) is 73.2 Å². The zero-order valence-corrected chi connectivity index (χ0v) is 27.7. The first-order valence-electron chi connectivity index (χ1n) is 16.3. The van der Waals surface area contributed by atoms with Crippen LogP contribution in [-0.4, -0.2) is 52.3 Å². The average molecular weight is 657 g/mol. The van der Waals surface area contributed by atoms with Gasteiger partial charge in [-0.05, 0) is 62.1 Å². The molecule has 4 N–H and O–H groups in total. The second kappa shape index (κ2) is 12.0. The molecular formula is C36H36N10O3. The number of nitrogens with zero attached hydrogens (tertiary/aromatic N) is 8. The van der Waals surface area contributed by atoms with Crippen LogP contribution in [0, 0.1) is 13.8 Å². The van der Waals surface area contributed by atoms with Gasteiger partial charge >= 0.3 is 0 Å². The monoisotopic (exact) mass is 656 g/mol. The molecule has 8 aromatic rings. The van der Waals surface area contributed by atoms with Gasteiger partial charge in [0.15, 0.2) is 22.9 Å². The maximum absolute atomic E-state index is 6.23. The first-order chi connectivity index (χ1) is 23.7. The second-order valence-corrected chi connectivity index (χ2v) is 12.6. The molecule has 1 saturated heterocycles. The van der Waals surface area contributed by atoms with Gasteiger partial charge in [0.05, 0.1) is 10.8 Å². The number of aryl methyl sites for hydroxylation is 2. The molecule has 0 spiro atoms. The zero-order valence-electron chi connectivity index (χ0n) is 27.7. The topological polar surface area (TPSA) is 175 Å². The minimum absolute atomic E-state index is 0.276. The van der Waals surface area contributed by atoms with E-state index >= 15 is 0 Å². The molecule has 0 radical (unpaired) electrons. The molecule has 0 amide bonds. The van der Waals surface area contributed by atoms with Crippen LogP contribution in [0.3, 0.4) is 0 Å². The van der Waals surface area contributed by atoms with Crippen molar-refractivity contribution in [3.63, 3.8) is 0 Å². The van der Waals surface area contributed by atoms with Crippen LogP contribution >= 0.6 is 0 Å². The van der Waals surface area contributed by atoms with Crippen molar-refractivity contribution >= 4 is 55.9 Å². The summed E-state index contributed by atoms with van der Waals surface area (Å²) in [4.78, 5) is 26.2. The molecule has 0 aliphatic carbocycles. The summed E-state index contributed by atoms with van der Waals surface area (Å²) in [5.74, 6) is 2.29. The summed E-state index contributed by atoms with van der Waals surface area (Å²) in [6.45, 7) is 9.46. The predicted octanol–water partition coefficient (Wildman–Crippen LogP) is 7.19. The Hall–Kier alpha value is -5.82. The highest BCUT2D eigenvalue weighted by Gasteiger charge is 2.23. The molecule has 0 bridgehead atoms. The Labute approximate surface area is 281 Å². The molecule has 1 aliphatic heterocycles. The van der Waals surface area contributed by atoms with Crippen LogP contribution < -0.4 is 11.5 Å². The number of benzene rings is 2. The number of hydrogen-bond acceptors (Lipinski definition) is 11. The number of aromatic nitrogens is 8. The van der Waals surface area contributed by atoms with Crippen molar-refractivity contribution in [1.29, 1.82) is 0 Å². The van der Waals surface area contributed by atoms with Gasteiger partial charge in [0, 0.05) is 62.7 Å². The Morgan fingerprint density at radius 1 is 0.714 bits per heavy atom. The van der Waals surface area contributed by atoms with Crippen LogP contribution in [0.5, 0.6) is 0 Å². The Kier molecular flexibility index (Phi) is 7.48. The highest BCUT2D eigenvalue weighted by atomic mass is 16.5. The quantitative estimate of drug-likeness (QED) is 0.196. The number of nitrogens with two attached hydrogens (primary N) is 2. The maximum Gasteiger partial charge on any atom is 0.192 e. The first-order valence-corrected chi connectivity index (χ1v) is 16.3. The number of oxazole rings is 2. The van der Waals surface area contributed by atoms with Gasteiger partial charge in [-0.25, -0.2) is 29.9 Å². The van der Waals surface area contributed by atoms with Gasteiger partial charge in [0.25, 0.3) is 0 Å². The van der Waals surface area contributed by atoms with Crippen molar-refractivity contribution in [3.8, 4) is 22.3 Å². The summed E-state index contributed by atoms with van der Waals surface area (Å²) >= 11 is 0. The Morgan fingerprint density at radius 2 is 1.24 bits per heavy atom. The molecule has 1 fully saturated rings. The van der Waals surface area contributed by atoms with E-state index in [9.17, 15) is 0 Å². The number of rotatable bonds is 4. The van der Waals surface area contributed by atoms with Gasteiger partial charge in [-0.3, -0.25) is 0 Å². The largest absolute Gasteiger partial charge is 0.441 e. The second-order valence-electron chi connectivity index (χ2n) is 12.6. The normalized spacial score (nSPS) is 14.0. The fraction of sp³-hybridized carbons (Fsp3) is 0.278. The number of anilines is 2. The number of nitrogen functional groups attached to an aromatic ring is 2. The van der Waals surface area contributed by atoms with E-state index in [-0.39, 0.29) is 6.04 Å². The van der Waals surface area contributed by atoms with E-state index in [1.54, 1.807) is 0 Å². The molecular weight excluding hydrogens is 620 g/mol. The van der Waals surface area contributed by atoms with E-state index < -0.39 is 0 Å². The summed E-state index contributed by atoms with van der Waals surface area (Å²) in [5, 5.41) is 1.76. The lowest BCUT2D eigenvalue weighted by Crippen LogP contribution is -2.19. The highest BCUT2D eigenvalue weighted by Crippen LogP contribution is 2.38. The van der Waals surface area contributed by atoms with Gasteiger partial charge < -0.3 is 34.2 Å². The summed E-state index contributed by atoms with van der Waals surface area (Å²) in [7, 11) is 0. The molecule has 248 valence electrons. The lowest BCUT2D eigenvalue weighted by atomic mass is 10.1. The van der Waals surface area contributed by atoms with E-state index in [0.29, 0.717) is 29.5 Å². The molecule has 6 aromatic heterocycles. The Balaban J connectivity index is 0.000000143. The SMILES string of the molecule is Cc1nc2cc(-c3cn(C(C)C)c4ncnc(N)c34)ccc2o1.Cc1nc2cc(-c3cn(C4CCOCC4)c4ncnc(N)c34)ccc2o1. The average Bonchev–Trinajstić information content (AvgIpc) is 3.87. The highest BCUT2D eigenvalue weighted by molar-refractivity contribution is 6.03. The molecule has 0 atom stereocenters. The fourth-order valence-corrected chi connectivity index (χ4v) is 6.71. The number of fused-ring (bicyclic) bond motifs is 4. The van der Waals surface area contributed by atoms with Crippen molar-refractivity contribution in [1.82, 2.24) is 39.0 Å². The van der Waals surface area contributed by atoms with Crippen molar-refractivity contribution in [2.75, 3.05) is 24.7 Å². The molecule has 0 unspecified atom stereocenters. The third-order valence-corrected chi connectivity index (χ3v) is 9.03. The van der Waals surface area contributed by atoms with Crippen LogP contribution in [-0.2, 0) is 4.74 Å². The van der Waals surface area contributed by atoms with E-state index in [0.717, 1.165) is 92.6 Å². The summed E-state index contributed by atoms with van der Waals surface area (Å²) < 4.78 is 21.0.